The lowest BCUT2D eigenvalue weighted by molar-refractivity contribution is 0.410. The van der Waals surface area contributed by atoms with Gasteiger partial charge in [-0.2, -0.15) is 0 Å². The normalized spacial score (nSPS) is 20.7. The van der Waals surface area contributed by atoms with Crippen LogP contribution in [0.15, 0.2) is 54.6 Å². The number of rotatable bonds is 4. The predicted octanol–water partition coefficient (Wildman–Crippen LogP) is 5.23. The number of hydrogen-bond donors (Lipinski definition) is 0. The summed E-state index contributed by atoms with van der Waals surface area (Å²) >= 11 is 0. The van der Waals surface area contributed by atoms with Crippen LogP contribution in [0.5, 0.6) is 11.5 Å². The summed E-state index contributed by atoms with van der Waals surface area (Å²) in [4.78, 5) is 0. The Morgan fingerprint density at radius 3 is 1.87 bits per heavy atom. The van der Waals surface area contributed by atoms with Gasteiger partial charge in [-0.1, -0.05) is 37.3 Å². The number of benzene rings is 2. The quantitative estimate of drug-likeness (QED) is 0.770. The van der Waals surface area contributed by atoms with E-state index in [-0.39, 0.29) is 5.41 Å². The molecule has 0 aliphatic heterocycles. The second kappa shape index (κ2) is 6.49. The Labute approximate surface area is 138 Å². The molecule has 1 aliphatic carbocycles. The summed E-state index contributed by atoms with van der Waals surface area (Å²) in [6.07, 6.45) is 5.74. The van der Waals surface area contributed by atoms with Gasteiger partial charge in [0.05, 0.1) is 14.2 Å². The van der Waals surface area contributed by atoms with E-state index in [9.17, 15) is 0 Å². The van der Waals surface area contributed by atoms with Gasteiger partial charge in [-0.15, -0.1) is 0 Å². The zero-order valence-corrected chi connectivity index (χ0v) is 14.1. The van der Waals surface area contributed by atoms with Crippen LogP contribution in [-0.4, -0.2) is 14.2 Å². The van der Waals surface area contributed by atoms with Gasteiger partial charge in [0, 0.05) is 0 Å². The molecule has 0 spiro atoms. The van der Waals surface area contributed by atoms with Gasteiger partial charge in [-0.25, -0.2) is 0 Å². The lowest BCUT2D eigenvalue weighted by atomic mass is 9.71. The van der Waals surface area contributed by atoms with Crippen molar-refractivity contribution in [1.29, 1.82) is 0 Å². The van der Waals surface area contributed by atoms with Crippen LogP contribution in [0.25, 0.3) is 5.57 Å². The molecule has 2 heteroatoms. The maximum atomic E-state index is 5.26. The van der Waals surface area contributed by atoms with Gasteiger partial charge < -0.3 is 9.47 Å². The van der Waals surface area contributed by atoms with Crippen molar-refractivity contribution >= 4 is 5.57 Å². The molecule has 0 amide bonds. The minimum absolute atomic E-state index is 0.211. The SMILES string of the molecule is COc1ccc(C2=CC[C@](C)(c3ccc(OC)cc3)CC2)cc1. The Hall–Kier alpha value is -2.22. The van der Waals surface area contributed by atoms with Crippen LogP contribution in [0, 0.1) is 0 Å². The lowest BCUT2D eigenvalue weighted by Gasteiger charge is -2.33. The molecule has 0 heterocycles. The summed E-state index contributed by atoms with van der Waals surface area (Å²) < 4.78 is 10.5. The van der Waals surface area contributed by atoms with E-state index in [2.05, 4.69) is 49.4 Å². The van der Waals surface area contributed by atoms with Gasteiger partial charge in [0.15, 0.2) is 0 Å². The first-order valence-electron chi connectivity index (χ1n) is 8.13. The van der Waals surface area contributed by atoms with Crippen molar-refractivity contribution in [3.63, 3.8) is 0 Å². The monoisotopic (exact) mass is 308 g/mol. The second-order valence-corrected chi connectivity index (χ2v) is 6.45. The summed E-state index contributed by atoms with van der Waals surface area (Å²) in [7, 11) is 3.41. The topological polar surface area (TPSA) is 18.5 Å². The highest BCUT2D eigenvalue weighted by molar-refractivity contribution is 5.67. The molecule has 1 aliphatic rings. The van der Waals surface area contributed by atoms with Gasteiger partial charge >= 0.3 is 0 Å². The molecule has 3 rings (SSSR count). The molecule has 120 valence electrons. The fourth-order valence-corrected chi connectivity index (χ4v) is 3.29. The smallest absolute Gasteiger partial charge is 0.118 e. The summed E-state index contributed by atoms with van der Waals surface area (Å²) in [6.45, 7) is 2.36. The molecule has 0 radical (unpaired) electrons. The minimum atomic E-state index is 0.211. The van der Waals surface area contributed by atoms with E-state index in [0.29, 0.717) is 0 Å². The molecule has 1 atom stereocenters. The standard InChI is InChI=1S/C21H24O2/c1-21(18-6-10-20(23-3)11-7-18)14-12-17(13-15-21)16-4-8-19(22-2)9-5-16/h4-12H,13-15H2,1-3H3/t21-/m0/s1. The van der Waals surface area contributed by atoms with Gasteiger partial charge in [0.1, 0.15) is 11.5 Å². The van der Waals surface area contributed by atoms with Crippen LogP contribution >= 0.6 is 0 Å². The number of methoxy groups -OCH3 is 2. The Morgan fingerprint density at radius 2 is 1.39 bits per heavy atom. The molecular formula is C21H24O2. The summed E-state index contributed by atoms with van der Waals surface area (Å²) in [5.41, 5.74) is 4.35. The van der Waals surface area contributed by atoms with E-state index in [1.807, 2.05) is 12.1 Å². The highest BCUT2D eigenvalue weighted by Crippen LogP contribution is 2.41. The highest BCUT2D eigenvalue weighted by Gasteiger charge is 2.29. The third-order valence-electron chi connectivity index (χ3n) is 4.99. The molecule has 2 nitrogen and oxygen atoms in total. The molecular weight excluding hydrogens is 284 g/mol. The lowest BCUT2D eigenvalue weighted by Crippen LogP contribution is -2.24. The largest absolute Gasteiger partial charge is 0.497 e. The first-order chi connectivity index (χ1) is 11.1. The Balaban J connectivity index is 1.77. The van der Waals surface area contributed by atoms with Gasteiger partial charge in [0.25, 0.3) is 0 Å². The van der Waals surface area contributed by atoms with E-state index in [4.69, 9.17) is 9.47 Å². The van der Waals surface area contributed by atoms with E-state index < -0.39 is 0 Å². The Kier molecular flexibility index (Phi) is 4.42. The average molecular weight is 308 g/mol. The Morgan fingerprint density at radius 1 is 0.826 bits per heavy atom. The molecule has 2 aromatic carbocycles. The van der Waals surface area contributed by atoms with Crippen LogP contribution in [0.1, 0.15) is 37.3 Å². The van der Waals surface area contributed by atoms with Crippen molar-refractivity contribution in [3.05, 3.63) is 65.7 Å². The first-order valence-corrected chi connectivity index (χ1v) is 8.13. The predicted molar refractivity (Wildman–Crippen MR) is 95.2 cm³/mol. The van der Waals surface area contributed by atoms with Crippen LogP contribution in [-0.2, 0) is 5.41 Å². The van der Waals surface area contributed by atoms with Crippen molar-refractivity contribution in [2.75, 3.05) is 14.2 Å². The fraction of sp³-hybridized carbons (Fsp3) is 0.333. The third kappa shape index (κ3) is 3.26. The zero-order valence-electron chi connectivity index (χ0n) is 14.1. The molecule has 0 N–H and O–H groups in total. The highest BCUT2D eigenvalue weighted by atomic mass is 16.5. The van der Waals surface area contributed by atoms with Crippen molar-refractivity contribution in [1.82, 2.24) is 0 Å². The van der Waals surface area contributed by atoms with E-state index in [1.165, 1.54) is 16.7 Å². The van der Waals surface area contributed by atoms with Gasteiger partial charge in [-0.3, -0.25) is 0 Å². The number of hydrogen-bond acceptors (Lipinski definition) is 2. The van der Waals surface area contributed by atoms with Gasteiger partial charge in [0.2, 0.25) is 0 Å². The van der Waals surface area contributed by atoms with E-state index in [0.717, 1.165) is 30.8 Å². The number of ether oxygens (including phenoxy) is 2. The maximum absolute atomic E-state index is 5.26. The van der Waals surface area contributed by atoms with Crippen LogP contribution < -0.4 is 9.47 Å². The fourth-order valence-electron chi connectivity index (χ4n) is 3.29. The minimum Gasteiger partial charge on any atom is -0.497 e. The van der Waals surface area contributed by atoms with Crippen LogP contribution in [0.4, 0.5) is 0 Å². The first kappa shape index (κ1) is 15.7. The molecule has 0 fully saturated rings. The van der Waals surface area contributed by atoms with E-state index >= 15 is 0 Å². The van der Waals surface area contributed by atoms with Crippen molar-refractivity contribution in [2.24, 2.45) is 0 Å². The maximum Gasteiger partial charge on any atom is 0.118 e. The van der Waals surface area contributed by atoms with Crippen molar-refractivity contribution < 1.29 is 9.47 Å². The molecule has 0 bridgehead atoms. The van der Waals surface area contributed by atoms with Crippen molar-refractivity contribution in [3.8, 4) is 11.5 Å². The van der Waals surface area contributed by atoms with Crippen molar-refractivity contribution in [2.45, 2.75) is 31.6 Å². The molecule has 0 saturated heterocycles. The molecule has 0 saturated carbocycles. The summed E-state index contributed by atoms with van der Waals surface area (Å²) in [5, 5.41) is 0. The summed E-state index contributed by atoms with van der Waals surface area (Å²) in [5.74, 6) is 1.83. The average Bonchev–Trinajstić information content (AvgIpc) is 2.62. The van der Waals surface area contributed by atoms with Crippen LogP contribution in [0.2, 0.25) is 0 Å². The second-order valence-electron chi connectivity index (χ2n) is 6.45. The number of allylic oxidation sites excluding steroid dienone is 2. The molecule has 0 unspecified atom stereocenters. The summed E-state index contributed by atoms with van der Waals surface area (Å²) in [6, 6.07) is 16.9. The van der Waals surface area contributed by atoms with E-state index in [1.54, 1.807) is 14.2 Å². The van der Waals surface area contributed by atoms with Gasteiger partial charge in [-0.05, 0) is 65.6 Å². The molecule has 0 aromatic heterocycles. The van der Waals surface area contributed by atoms with Crippen LogP contribution in [0.3, 0.4) is 0 Å². The molecule has 2 aromatic rings. The Bertz CT molecular complexity index is 683. The third-order valence-corrected chi connectivity index (χ3v) is 4.99. The molecule has 23 heavy (non-hydrogen) atoms. The zero-order chi connectivity index (χ0) is 16.3.